The lowest BCUT2D eigenvalue weighted by atomic mass is 10.1. The molecule has 0 atom stereocenters. The number of benzene rings is 4. The second-order valence-electron chi connectivity index (χ2n) is 7.75. The number of rotatable bonds is 4. The molecule has 34 heavy (non-hydrogen) atoms. The molecule has 0 N–H and O–H groups in total. The summed E-state index contributed by atoms with van der Waals surface area (Å²) >= 11 is 0. The molecule has 1 nitrogen and oxygen atoms in total. The van der Waals surface area contributed by atoms with Crippen LogP contribution in [0.3, 0.4) is 0 Å². The summed E-state index contributed by atoms with van der Waals surface area (Å²) in [4.78, 5) is 0. The first kappa shape index (κ1) is 23.0. The Bertz CT molecular complexity index is 1450. The maximum absolute atomic E-state index is 14.6. The molecule has 4 heteroatoms. The highest BCUT2D eigenvalue weighted by atomic mass is 19.2. The summed E-state index contributed by atoms with van der Waals surface area (Å²) in [5, 5.41) is 1.09. The number of hydrogen-bond donors (Lipinski definition) is 0. The third-order valence-electron chi connectivity index (χ3n) is 5.16. The topological polar surface area (TPSA) is 9.23 Å². The Hall–Kier alpha value is -4.15. The van der Waals surface area contributed by atoms with Gasteiger partial charge in [0.05, 0.1) is 12.2 Å². The quantitative estimate of drug-likeness (QED) is 0.233. The molecule has 168 valence electrons. The summed E-state index contributed by atoms with van der Waals surface area (Å²) in [6.45, 7) is 2.80. The van der Waals surface area contributed by atoms with Crippen LogP contribution in [0.1, 0.15) is 42.0 Å². The normalized spacial score (nSPS) is 10.2. The van der Waals surface area contributed by atoms with Crippen LogP contribution in [-0.2, 0) is 0 Å². The molecular formula is C30H21F3O. The molecule has 0 amide bonds. The van der Waals surface area contributed by atoms with Gasteiger partial charge < -0.3 is 4.74 Å². The van der Waals surface area contributed by atoms with Gasteiger partial charge in [0.1, 0.15) is 11.6 Å². The van der Waals surface area contributed by atoms with Crippen LogP contribution < -0.4 is 4.74 Å². The van der Waals surface area contributed by atoms with Crippen molar-refractivity contribution in [3.05, 3.63) is 113 Å². The van der Waals surface area contributed by atoms with Gasteiger partial charge in [-0.3, -0.25) is 0 Å². The van der Waals surface area contributed by atoms with E-state index in [1.54, 1.807) is 30.3 Å². The van der Waals surface area contributed by atoms with E-state index in [9.17, 15) is 13.2 Å². The van der Waals surface area contributed by atoms with Crippen LogP contribution in [0, 0.1) is 41.1 Å². The third kappa shape index (κ3) is 5.80. The van der Waals surface area contributed by atoms with Gasteiger partial charge >= 0.3 is 0 Å². The van der Waals surface area contributed by atoms with E-state index in [4.69, 9.17) is 4.74 Å². The average molecular weight is 454 g/mol. The fourth-order valence-electron chi connectivity index (χ4n) is 3.27. The van der Waals surface area contributed by atoms with Crippen molar-refractivity contribution in [2.75, 3.05) is 6.61 Å². The second kappa shape index (κ2) is 10.6. The molecule has 0 aliphatic rings. The first-order chi connectivity index (χ1) is 16.5. The highest BCUT2D eigenvalue weighted by Gasteiger charge is 2.04. The minimum absolute atomic E-state index is 0.226. The molecule has 0 radical (unpaired) electrons. The van der Waals surface area contributed by atoms with Crippen LogP contribution in [0.2, 0.25) is 0 Å². The summed E-state index contributed by atoms with van der Waals surface area (Å²) in [6.07, 6.45) is 2.09. The number of hydrogen-bond acceptors (Lipinski definition) is 1. The number of unbranched alkanes of at least 4 members (excludes halogenated alkanes) is 1. The molecule has 0 saturated heterocycles. The van der Waals surface area contributed by atoms with Crippen molar-refractivity contribution in [3.63, 3.8) is 0 Å². The van der Waals surface area contributed by atoms with Gasteiger partial charge in [0, 0.05) is 16.7 Å². The largest absolute Gasteiger partial charge is 0.494 e. The number of fused-ring (bicyclic) bond motifs is 1. The van der Waals surface area contributed by atoms with Crippen molar-refractivity contribution in [1.82, 2.24) is 0 Å². The predicted molar refractivity (Wildman–Crippen MR) is 129 cm³/mol. The van der Waals surface area contributed by atoms with Crippen molar-refractivity contribution in [3.8, 4) is 29.4 Å². The van der Waals surface area contributed by atoms with Crippen LogP contribution >= 0.6 is 0 Å². The van der Waals surface area contributed by atoms with Gasteiger partial charge in [0.15, 0.2) is 11.6 Å². The van der Waals surface area contributed by atoms with Crippen LogP contribution in [-0.4, -0.2) is 6.61 Å². The molecule has 0 aliphatic carbocycles. The summed E-state index contributed by atoms with van der Waals surface area (Å²) in [6, 6.07) is 19.4. The molecule has 4 aromatic carbocycles. The highest BCUT2D eigenvalue weighted by molar-refractivity contribution is 5.84. The summed E-state index contributed by atoms with van der Waals surface area (Å²) in [5.41, 5.74) is 2.14. The molecule has 0 fully saturated rings. The van der Waals surface area contributed by atoms with Gasteiger partial charge in [-0.15, -0.1) is 0 Å². The maximum Gasteiger partial charge on any atom is 0.159 e. The predicted octanol–water partition coefficient (Wildman–Crippen LogP) is 7.24. The average Bonchev–Trinajstić information content (AvgIpc) is 2.84. The van der Waals surface area contributed by atoms with Gasteiger partial charge in [-0.2, -0.15) is 0 Å². The zero-order valence-electron chi connectivity index (χ0n) is 18.6. The molecule has 4 rings (SSSR count). The van der Waals surface area contributed by atoms with Gasteiger partial charge in [-0.05, 0) is 83.9 Å². The Morgan fingerprint density at radius 3 is 1.97 bits per heavy atom. The minimum Gasteiger partial charge on any atom is -0.494 e. The molecular weight excluding hydrogens is 433 g/mol. The fourth-order valence-corrected chi connectivity index (χ4v) is 3.27. The van der Waals surface area contributed by atoms with E-state index >= 15 is 0 Å². The molecule has 0 spiro atoms. The van der Waals surface area contributed by atoms with E-state index in [0.29, 0.717) is 28.5 Å². The summed E-state index contributed by atoms with van der Waals surface area (Å²) in [5.74, 6) is 10.2. The van der Waals surface area contributed by atoms with Gasteiger partial charge in [0.2, 0.25) is 0 Å². The zero-order valence-corrected chi connectivity index (χ0v) is 18.6. The van der Waals surface area contributed by atoms with Crippen LogP contribution in [0.15, 0.2) is 72.8 Å². The van der Waals surface area contributed by atoms with Gasteiger partial charge in [-0.25, -0.2) is 13.2 Å². The zero-order chi connectivity index (χ0) is 23.9. The molecule has 0 unspecified atom stereocenters. The Labute approximate surface area is 197 Å². The lowest BCUT2D eigenvalue weighted by molar-refractivity contribution is 0.309. The van der Waals surface area contributed by atoms with E-state index in [-0.39, 0.29) is 5.56 Å². The molecule has 0 bridgehead atoms. The first-order valence-electron chi connectivity index (χ1n) is 11.0. The summed E-state index contributed by atoms with van der Waals surface area (Å²) < 4.78 is 47.0. The van der Waals surface area contributed by atoms with E-state index in [1.807, 2.05) is 24.3 Å². The SMILES string of the molecule is CCCCOc1ccc(C#Cc2ccc(C#Cc3ccc4cc(F)c(F)cc4c3)c(F)c2)cc1. The smallest absolute Gasteiger partial charge is 0.159 e. The molecule has 4 aromatic rings. The van der Waals surface area contributed by atoms with E-state index in [1.165, 1.54) is 6.07 Å². The Morgan fingerprint density at radius 1 is 0.618 bits per heavy atom. The Balaban J connectivity index is 1.47. The first-order valence-corrected chi connectivity index (χ1v) is 11.0. The van der Waals surface area contributed by atoms with Crippen LogP contribution in [0.5, 0.6) is 5.75 Å². The standard InChI is InChI=1S/C30H21F3O/c1-2-3-16-34-27-14-9-21(10-15-27)4-5-23-7-12-24(28(31)18-23)11-6-22-8-13-25-19-29(32)30(33)20-26(25)17-22/h7-10,12-15,17-20H,2-3,16H2,1H3. The fraction of sp³-hybridized carbons (Fsp3) is 0.133. The maximum atomic E-state index is 14.6. The third-order valence-corrected chi connectivity index (χ3v) is 5.16. The molecule has 0 heterocycles. The number of ether oxygens (including phenoxy) is 1. The Kier molecular flexibility index (Phi) is 7.21. The molecule has 0 saturated carbocycles. The lowest BCUT2D eigenvalue weighted by Crippen LogP contribution is -1.95. The van der Waals surface area contributed by atoms with E-state index in [0.717, 1.165) is 36.3 Å². The highest BCUT2D eigenvalue weighted by Crippen LogP contribution is 2.20. The number of halogens is 3. The van der Waals surface area contributed by atoms with Crippen molar-refractivity contribution < 1.29 is 17.9 Å². The van der Waals surface area contributed by atoms with Gasteiger partial charge in [0.25, 0.3) is 0 Å². The second-order valence-corrected chi connectivity index (χ2v) is 7.75. The van der Waals surface area contributed by atoms with E-state index in [2.05, 4.69) is 30.6 Å². The van der Waals surface area contributed by atoms with Crippen molar-refractivity contribution in [1.29, 1.82) is 0 Å². The minimum atomic E-state index is -0.920. The Morgan fingerprint density at radius 2 is 1.24 bits per heavy atom. The monoisotopic (exact) mass is 454 g/mol. The lowest BCUT2D eigenvalue weighted by Gasteiger charge is -2.04. The van der Waals surface area contributed by atoms with Crippen LogP contribution in [0.25, 0.3) is 10.8 Å². The van der Waals surface area contributed by atoms with E-state index < -0.39 is 17.5 Å². The van der Waals surface area contributed by atoms with Gasteiger partial charge in [-0.1, -0.05) is 43.1 Å². The van der Waals surface area contributed by atoms with Crippen LogP contribution in [0.4, 0.5) is 13.2 Å². The summed E-state index contributed by atoms with van der Waals surface area (Å²) in [7, 11) is 0. The van der Waals surface area contributed by atoms with Crippen molar-refractivity contribution in [2.45, 2.75) is 19.8 Å². The van der Waals surface area contributed by atoms with Crippen molar-refractivity contribution in [2.24, 2.45) is 0 Å². The molecule has 0 aliphatic heterocycles. The molecule has 0 aromatic heterocycles. The van der Waals surface area contributed by atoms with Crippen molar-refractivity contribution >= 4 is 10.8 Å².